The molecule has 3 heterocycles. The van der Waals surface area contributed by atoms with Crippen LogP contribution in [-0.2, 0) is 29.1 Å². The highest BCUT2D eigenvalue weighted by atomic mass is 32.2. The van der Waals surface area contributed by atoms with Gasteiger partial charge in [0.15, 0.2) is 0 Å². The third-order valence-corrected chi connectivity index (χ3v) is 12.8. The number of rotatable bonds is 7. The van der Waals surface area contributed by atoms with Crippen molar-refractivity contribution in [3.8, 4) is 22.5 Å². The third kappa shape index (κ3) is 8.58. The van der Waals surface area contributed by atoms with Crippen LogP contribution < -0.4 is 15.4 Å². The summed E-state index contributed by atoms with van der Waals surface area (Å²) in [6.07, 6.45) is 2.30. The van der Waals surface area contributed by atoms with Gasteiger partial charge in [-0.15, -0.1) is 0 Å². The molecule has 2 aliphatic carbocycles. The number of allylic oxidation sites excluding steroid dienone is 1. The number of amides is 4. The van der Waals surface area contributed by atoms with Gasteiger partial charge in [0.05, 0.1) is 23.8 Å². The topological polar surface area (TPSA) is 182 Å². The van der Waals surface area contributed by atoms with Crippen LogP contribution in [0.4, 0.5) is 13.6 Å². The molecule has 14 nitrogen and oxygen atoms in total. The van der Waals surface area contributed by atoms with E-state index in [0.717, 1.165) is 29.5 Å². The van der Waals surface area contributed by atoms with Crippen LogP contribution in [0.25, 0.3) is 28.6 Å². The van der Waals surface area contributed by atoms with Gasteiger partial charge < -0.3 is 20.3 Å². The van der Waals surface area contributed by atoms with Gasteiger partial charge in [0.25, 0.3) is 5.91 Å². The summed E-state index contributed by atoms with van der Waals surface area (Å²) in [6, 6.07) is 13.9. The number of cyclic esters (lactones) is 1. The maximum Gasteiger partial charge on any atom is 0.407 e. The van der Waals surface area contributed by atoms with Crippen LogP contribution in [0.15, 0.2) is 60.7 Å². The second kappa shape index (κ2) is 15.6. The smallest absolute Gasteiger partial charge is 0.407 e. The SMILES string of the molecule is CC(C)(C)[C@@H]1NC(=O)OCCCC/C=C/c2cccc(c2)-c2nn(nc2-c2ccccc2)[C@@H]2C[C@@H](C(=O)N[C@]3(C(=O)NS(=O)(=O)C4CC4)C[C@H]3C(F)F)N(C2)C1=O. The summed E-state index contributed by atoms with van der Waals surface area (Å²) in [4.78, 5) is 58.3. The fraction of sp³-hybridized carbons (Fsp3) is 0.500. The van der Waals surface area contributed by atoms with Crippen LogP contribution in [0.2, 0.25) is 0 Å². The van der Waals surface area contributed by atoms with Crippen LogP contribution >= 0.6 is 0 Å². The Kier molecular flexibility index (Phi) is 11.0. The van der Waals surface area contributed by atoms with Gasteiger partial charge in [0, 0.05) is 24.1 Å². The largest absolute Gasteiger partial charge is 0.450 e. The van der Waals surface area contributed by atoms with E-state index >= 15 is 0 Å². The van der Waals surface area contributed by atoms with Crippen molar-refractivity contribution >= 4 is 39.9 Å². The number of ether oxygens (including phenoxy) is 1. The second-order valence-corrected chi connectivity index (χ2v) is 18.3. The van der Waals surface area contributed by atoms with Crippen LogP contribution in [0.1, 0.15) is 77.3 Å². The van der Waals surface area contributed by atoms with Gasteiger partial charge in [-0.3, -0.25) is 19.1 Å². The molecule has 2 aliphatic heterocycles. The van der Waals surface area contributed by atoms with Crippen LogP contribution in [0.5, 0.6) is 0 Å². The zero-order valence-corrected chi connectivity index (χ0v) is 32.8. The molecular weight excluding hydrogens is 761 g/mol. The van der Waals surface area contributed by atoms with Crippen molar-refractivity contribution in [2.24, 2.45) is 11.3 Å². The molecule has 17 heteroatoms. The zero-order chi connectivity index (χ0) is 40.7. The van der Waals surface area contributed by atoms with Crippen molar-refractivity contribution in [1.82, 2.24) is 35.2 Å². The third-order valence-electron chi connectivity index (χ3n) is 11.0. The Morgan fingerprint density at radius 3 is 2.37 bits per heavy atom. The summed E-state index contributed by atoms with van der Waals surface area (Å²) in [6.45, 7) is 5.20. The minimum Gasteiger partial charge on any atom is -0.450 e. The summed E-state index contributed by atoms with van der Waals surface area (Å²) in [7, 11) is -4.13. The Labute approximate surface area is 329 Å². The molecule has 5 atom stereocenters. The molecule has 4 amide bonds. The van der Waals surface area contributed by atoms with E-state index in [9.17, 15) is 36.4 Å². The molecule has 2 aromatic carbocycles. The average molecular weight is 808 g/mol. The summed E-state index contributed by atoms with van der Waals surface area (Å²) in [5.41, 5.74) is 0.478. The minimum absolute atomic E-state index is 0.0958. The van der Waals surface area contributed by atoms with Crippen LogP contribution in [0.3, 0.4) is 0 Å². The van der Waals surface area contributed by atoms with Gasteiger partial charge >= 0.3 is 6.09 Å². The minimum atomic E-state index is -4.13. The Morgan fingerprint density at radius 1 is 1.00 bits per heavy atom. The number of fused-ring (bicyclic) bond motifs is 8. The number of alkyl carbamates (subject to hydrolysis) is 1. The molecule has 57 heavy (non-hydrogen) atoms. The number of hydrogen-bond acceptors (Lipinski definition) is 9. The number of carbonyl (C=O) groups is 4. The highest BCUT2D eigenvalue weighted by molar-refractivity contribution is 7.91. The highest BCUT2D eigenvalue weighted by Crippen LogP contribution is 2.49. The number of sulfonamides is 1. The van der Waals surface area contributed by atoms with E-state index in [1.807, 2.05) is 71.5 Å². The number of carbonyl (C=O) groups excluding carboxylic acids is 4. The zero-order valence-electron chi connectivity index (χ0n) is 32.0. The Bertz CT molecular complexity index is 2170. The van der Waals surface area contributed by atoms with E-state index in [1.54, 1.807) is 20.8 Å². The Hall–Kier alpha value is -5.19. The molecule has 3 fully saturated rings. The van der Waals surface area contributed by atoms with E-state index in [4.69, 9.17) is 14.9 Å². The van der Waals surface area contributed by atoms with Gasteiger partial charge in [-0.05, 0) is 55.6 Å². The summed E-state index contributed by atoms with van der Waals surface area (Å²) in [5, 5.41) is 14.2. The summed E-state index contributed by atoms with van der Waals surface area (Å²) < 4.78 is 61.2. The molecule has 1 saturated heterocycles. The van der Waals surface area contributed by atoms with Crippen molar-refractivity contribution < 1.29 is 41.1 Å². The van der Waals surface area contributed by atoms with E-state index in [1.165, 1.54) is 9.70 Å². The highest BCUT2D eigenvalue weighted by Gasteiger charge is 2.67. The van der Waals surface area contributed by atoms with E-state index in [0.29, 0.717) is 30.7 Å². The number of alkyl halides is 2. The first-order chi connectivity index (χ1) is 27.1. The lowest BCUT2D eigenvalue weighted by Crippen LogP contribution is -2.60. The molecule has 2 saturated carbocycles. The van der Waals surface area contributed by atoms with Crippen molar-refractivity contribution in [3.63, 3.8) is 0 Å². The first-order valence-electron chi connectivity index (χ1n) is 19.3. The number of nitrogens with one attached hydrogen (secondary N) is 3. The number of benzene rings is 2. The predicted molar refractivity (Wildman–Crippen MR) is 206 cm³/mol. The van der Waals surface area contributed by atoms with Crippen molar-refractivity contribution in [1.29, 1.82) is 0 Å². The molecule has 4 aliphatic rings. The number of halogens is 2. The van der Waals surface area contributed by atoms with Crippen molar-refractivity contribution in [3.05, 3.63) is 66.2 Å². The standard InChI is InChI=1S/C40H47F2N7O7S/c1-39(2,3)33-36(51)48-23-27(21-30(48)35(50)44-40(22-29(40)34(41)42)37(52)47-57(54,55)28-17-18-28)49-45-31(25-14-8-6-9-15-25)32(46-49)26-16-11-13-24(20-26)12-7-4-5-10-19-56-38(53)43-33/h6-9,11-16,20,27-30,33-34H,4-5,10,17-19,21-23H2,1-3H3,(H,43,53)(H,44,50)(H,47,52)/b12-7+/t27-,29+,30+,33-,40-/m1/s1. The van der Waals surface area contributed by atoms with Gasteiger partial charge in [-0.1, -0.05) is 81.5 Å². The summed E-state index contributed by atoms with van der Waals surface area (Å²) >= 11 is 0. The molecular formula is C40H47F2N7O7S. The lowest BCUT2D eigenvalue weighted by atomic mass is 9.85. The lowest BCUT2D eigenvalue weighted by molar-refractivity contribution is -0.143. The molecule has 1 aromatic heterocycles. The molecule has 6 bridgehead atoms. The molecule has 3 aromatic rings. The maximum atomic E-state index is 14.7. The maximum absolute atomic E-state index is 14.7. The predicted octanol–water partition coefficient (Wildman–Crippen LogP) is 4.84. The van der Waals surface area contributed by atoms with E-state index in [-0.39, 0.29) is 19.6 Å². The first-order valence-corrected chi connectivity index (χ1v) is 20.8. The molecule has 304 valence electrons. The molecule has 0 radical (unpaired) electrons. The Balaban J connectivity index is 1.28. The number of hydrogen-bond donors (Lipinski definition) is 3. The molecule has 0 unspecified atom stereocenters. The lowest BCUT2D eigenvalue weighted by Gasteiger charge is -2.35. The quantitative estimate of drug-likeness (QED) is 0.301. The number of aromatic nitrogens is 3. The van der Waals surface area contributed by atoms with Gasteiger partial charge in [-0.2, -0.15) is 15.0 Å². The average Bonchev–Trinajstić information content (AvgIpc) is 4.06. The molecule has 7 rings (SSSR count). The van der Waals surface area contributed by atoms with Gasteiger partial charge in [-0.25, -0.2) is 22.0 Å². The van der Waals surface area contributed by atoms with Crippen LogP contribution in [-0.4, -0.2) is 94.6 Å². The second-order valence-electron chi connectivity index (χ2n) is 16.4. The first kappa shape index (κ1) is 40.0. The van der Waals surface area contributed by atoms with Gasteiger partial charge in [0.1, 0.15) is 29.0 Å². The molecule has 0 spiro atoms. The number of nitrogens with zero attached hydrogens (tertiary/aromatic N) is 4. The van der Waals surface area contributed by atoms with Crippen molar-refractivity contribution in [2.75, 3.05) is 13.2 Å². The Morgan fingerprint density at radius 2 is 1.70 bits per heavy atom. The van der Waals surface area contributed by atoms with Gasteiger partial charge in [0.2, 0.25) is 28.3 Å². The summed E-state index contributed by atoms with van der Waals surface area (Å²) in [5.74, 6) is -4.48. The van der Waals surface area contributed by atoms with E-state index < -0.39 is 86.9 Å². The normalized spacial score (nSPS) is 26.2. The van der Waals surface area contributed by atoms with Crippen molar-refractivity contribution in [2.45, 2.75) is 101 Å². The monoisotopic (exact) mass is 807 g/mol. The fourth-order valence-electron chi connectivity index (χ4n) is 7.49. The fourth-order valence-corrected chi connectivity index (χ4v) is 8.86. The van der Waals surface area contributed by atoms with Crippen LogP contribution in [0, 0.1) is 11.3 Å². The van der Waals surface area contributed by atoms with E-state index in [2.05, 4.69) is 10.6 Å². The molecule has 3 N–H and O–H groups in total.